The number of non-ortho nitro benzene ring substituents is 1. The lowest BCUT2D eigenvalue weighted by Gasteiger charge is -2.17. The van der Waals surface area contributed by atoms with Crippen LogP contribution in [0.15, 0.2) is 89.8 Å². The van der Waals surface area contributed by atoms with Gasteiger partial charge in [0.05, 0.1) is 9.82 Å². The number of nitrogens with zero attached hydrogens (tertiary/aromatic N) is 1. The summed E-state index contributed by atoms with van der Waals surface area (Å²) in [6.07, 6.45) is -1.53. The lowest BCUT2D eigenvalue weighted by atomic mass is 10.1. The number of hydrogen-bond acceptors (Lipinski definition) is 7. The summed E-state index contributed by atoms with van der Waals surface area (Å²) in [5.74, 6) is -0.879. The summed E-state index contributed by atoms with van der Waals surface area (Å²) >= 11 is 0. The van der Waals surface area contributed by atoms with E-state index in [9.17, 15) is 23.3 Å². The van der Waals surface area contributed by atoms with Gasteiger partial charge in [0, 0.05) is 12.1 Å². The fourth-order valence-electron chi connectivity index (χ4n) is 2.58. The molecular formula is C21H17NO7S. The molecule has 0 aromatic heterocycles. The minimum atomic E-state index is -4.40. The molecule has 0 bridgehead atoms. The maximum absolute atomic E-state index is 12.7. The van der Waals surface area contributed by atoms with Gasteiger partial charge >= 0.3 is 5.97 Å². The zero-order valence-corrected chi connectivity index (χ0v) is 16.4. The highest BCUT2D eigenvalue weighted by molar-refractivity contribution is 7.86. The van der Waals surface area contributed by atoms with Gasteiger partial charge in [0.25, 0.3) is 15.8 Å². The highest BCUT2D eigenvalue weighted by Gasteiger charge is 2.30. The van der Waals surface area contributed by atoms with Crippen LogP contribution >= 0.6 is 0 Å². The predicted molar refractivity (Wildman–Crippen MR) is 107 cm³/mol. The van der Waals surface area contributed by atoms with Gasteiger partial charge in [-0.3, -0.25) is 10.1 Å². The molecule has 3 rings (SSSR count). The van der Waals surface area contributed by atoms with E-state index in [0.717, 1.165) is 29.8 Å². The van der Waals surface area contributed by atoms with E-state index in [4.69, 9.17) is 8.92 Å². The molecule has 30 heavy (non-hydrogen) atoms. The second kappa shape index (κ2) is 9.29. The van der Waals surface area contributed by atoms with E-state index < -0.39 is 27.1 Å². The highest BCUT2D eigenvalue weighted by atomic mass is 32.2. The number of esters is 1. The average Bonchev–Trinajstić information content (AvgIpc) is 2.77. The number of nitro benzene ring substituents is 1. The molecule has 0 saturated carbocycles. The van der Waals surface area contributed by atoms with E-state index in [1.165, 1.54) is 0 Å². The van der Waals surface area contributed by atoms with E-state index in [0.29, 0.717) is 5.56 Å². The van der Waals surface area contributed by atoms with E-state index in [1.54, 1.807) is 54.6 Å². The van der Waals surface area contributed by atoms with Crippen LogP contribution in [0.4, 0.5) is 5.69 Å². The van der Waals surface area contributed by atoms with Gasteiger partial charge in [0.2, 0.25) is 0 Å². The molecule has 8 nitrogen and oxygen atoms in total. The minimum Gasteiger partial charge on any atom is -0.459 e. The third kappa shape index (κ3) is 5.28. The average molecular weight is 427 g/mol. The smallest absolute Gasteiger partial charge is 0.341 e. The van der Waals surface area contributed by atoms with Crippen LogP contribution in [-0.2, 0) is 30.4 Å². The molecule has 0 radical (unpaired) electrons. The third-order valence-corrected chi connectivity index (χ3v) is 5.39. The van der Waals surface area contributed by atoms with Crippen LogP contribution in [0, 0.1) is 10.1 Å². The molecule has 3 aromatic rings. The maximum Gasteiger partial charge on any atom is 0.341 e. The van der Waals surface area contributed by atoms with Gasteiger partial charge in [0.15, 0.2) is 6.10 Å². The first-order valence-corrected chi connectivity index (χ1v) is 10.2. The molecule has 154 valence electrons. The first-order valence-electron chi connectivity index (χ1n) is 8.80. The zero-order valence-electron chi connectivity index (χ0n) is 15.6. The van der Waals surface area contributed by atoms with Crippen molar-refractivity contribution in [2.24, 2.45) is 0 Å². The van der Waals surface area contributed by atoms with Crippen LogP contribution in [0.1, 0.15) is 17.2 Å². The lowest BCUT2D eigenvalue weighted by Crippen LogP contribution is -2.22. The standard InChI is InChI=1S/C21H17NO7S/c23-21(28-15-16-7-3-1-4-8-16)20(17-9-5-2-6-10-17)29-30(26,27)19-13-11-18(12-14-19)22(24)25/h1-14,20H,15H2/t20-/m0/s1. The summed E-state index contributed by atoms with van der Waals surface area (Å²) < 4.78 is 35.8. The monoisotopic (exact) mass is 427 g/mol. The zero-order chi connectivity index (χ0) is 21.6. The summed E-state index contributed by atoms with van der Waals surface area (Å²) in [6.45, 7) is -0.0516. The van der Waals surface area contributed by atoms with Gasteiger partial charge in [0.1, 0.15) is 6.61 Å². The maximum atomic E-state index is 12.7. The van der Waals surface area contributed by atoms with Crippen LogP contribution in [0.25, 0.3) is 0 Å². The van der Waals surface area contributed by atoms with Gasteiger partial charge in [-0.25, -0.2) is 8.98 Å². The van der Waals surface area contributed by atoms with E-state index in [2.05, 4.69) is 0 Å². The van der Waals surface area contributed by atoms with E-state index in [1.807, 2.05) is 6.07 Å². The van der Waals surface area contributed by atoms with Crippen LogP contribution < -0.4 is 0 Å². The number of carbonyl (C=O) groups is 1. The Kier molecular flexibility index (Phi) is 6.55. The molecule has 9 heteroatoms. The quantitative estimate of drug-likeness (QED) is 0.233. The summed E-state index contributed by atoms with van der Waals surface area (Å²) in [5.41, 5.74) is 0.757. The molecule has 0 unspecified atom stereocenters. The largest absolute Gasteiger partial charge is 0.459 e. The Morgan fingerprint density at radius 1 is 0.900 bits per heavy atom. The SMILES string of the molecule is O=C(OCc1ccccc1)[C@@H](OS(=O)(=O)c1ccc([N+](=O)[O-])cc1)c1ccccc1. The fraction of sp³-hybridized carbons (Fsp3) is 0.0952. The number of rotatable bonds is 8. The van der Waals surface area contributed by atoms with Crippen molar-refractivity contribution in [3.8, 4) is 0 Å². The number of ether oxygens (including phenoxy) is 1. The normalized spacial score (nSPS) is 12.1. The van der Waals surface area contributed by atoms with Crippen LogP contribution in [0.3, 0.4) is 0 Å². The van der Waals surface area contributed by atoms with Crippen LogP contribution in [0.5, 0.6) is 0 Å². The molecule has 0 fully saturated rings. The Morgan fingerprint density at radius 2 is 1.47 bits per heavy atom. The van der Waals surface area contributed by atoms with Crippen molar-refractivity contribution in [1.82, 2.24) is 0 Å². The van der Waals surface area contributed by atoms with Gasteiger partial charge < -0.3 is 4.74 Å². The predicted octanol–water partition coefficient (Wildman–Crippen LogP) is 3.78. The molecule has 0 amide bonds. The Labute approximate surface area is 173 Å². The molecule has 0 N–H and O–H groups in total. The Hall–Kier alpha value is -3.56. The molecule has 0 aliphatic rings. The lowest BCUT2D eigenvalue weighted by molar-refractivity contribution is -0.384. The highest BCUT2D eigenvalue weighted by Crippen LogP contribution is 2.26. The fourth-order valence-corrected chi connectivity index (χ4v) is 3.60. The number of hydrogen-bond donors (Lipinski definition) is 0. The Morgan fingerprint density at radius 3 is 2.03 bits per heavy atom. The molecule has 0 heterocycles. The molecule has 0 aliphatic heterocycles. The van der Waals surface area contributed by atoms with Gasteiger partial charge in [-0.1, -0.05) is 60.7 Å². The van der Waals surface area contributed by atoms with Gasteiger partial charge in [-0.2, -0.15) is 8.42 Å². The molecular weight excluding hydrogens is 410 g/mol. The minimum absolute atomic E-state index is 0.0516. The van der Waals surface area contributed by atoms with Crippen molar-refractivity contribution >= 4 is 21.8 Å². The molecule has 3 aromatic carbocycles. The van der Waals surface area contributed by atoms with Gasteiger partial charge in [-0.05, 0) is 23.3 Å². The van der Waals surface area contributed by atoms with Crippen molar-refractivity contribution in [1.29, 1.82) is 0 Å². The number of benzene rings is 3. The van der Waals surface area contributed by atoms with E-state index in [-0.39, 0.29) is 17.2 Å². The second-order valence-electron chi connectivity index (χ2n) is 6.19. The van der Waals surface area contributed by atoms with Crippen molar-refractivity contribution in [2.75, 3.05) is 0 Å². The molecule has 1 atom stereocenters. The summed E-state index contributed by atoms with van der Waals surface area (Å²) in [7, 11) is -4.40. The Balaban J connectivity index is 1.83. The number of nitro groups is 1. The van der Waals surface area contributed by atoms with Crippen LogP contribution in [0.2, 0.25) is 0 Å². The third-order valence-electron chi connectivity index (χ3n) is 4.10. The summed E-state index contributed by atoms with van der Waals surface area (Å²) in [5, 5.41) is 10.8. The number of carbonyl (C=O) groups excluding carboxylic acids is 1. The van der Waals surface area contributed by atoms with Crippen molar-refractivity contribution < 1.29 is 27.1 Å². The Bertz CT molecular complexity index is 1120. The first-order chi connectivity index (χ1) is 14.4. The first kappa shape index (κ1) is 21.2. The van der Waals surface area contributed by atoms with Crippen molar-refractivity contribution in [3.05, 3.63) is 106 Å². The van der Waals surface area contributed by atoms with E-state index >= 15 is 0 Å². The van der Waals surface area contributed by atoms with Crippen molar-refractivity contribution in [2.45, 2.75) is 17.6 Å². The summed E-state index contributed by atoms with van der Waals surface area (Å²) in [6, 6.07) is 21.2. The molecule has 0 spiro atoms. The van der Waals surface area contributed by atoms with Gasteiger partial charge in [-0.15, -0.1) is 0 Å². The van der Waals surface area contributed by atoms with Crippen LogP contribution in [-0.4, -0.2) is 19.3 Å². The molecule has 0 saturated heterocycles. The van der Waals surface area contributed by atoms with Crippen molar-refractivity contribution in [3.63, 3.8) is 0 Å². The topological polar surface area (TPSA) is 113 Å². The second-order valence-corrected chi connectivity index (χ2v) is 7.76. The molecule has 0 aliphatic carbocycles. The summed E-state index contributed by atoms with van der Waals surface area (Å²) in [4.78, 5) is 22.5.